The van der Waals surface area contributed by atoms with Gasteiger partial charge in [0.25, 0.3) is 5.91 Å². The first-order chi connectivity index (χ1) is 13.7. The highest BCUT2D eigenvalue weighted by Crippen LogP contribution is 2.61. The number of anilines is 1. The fourth-order valence-corrected chi connectivity index (χ4v) is 6.47. The van der Waals surface area contributed by atoms with Gasteiger partial charge in [-0.2, -0.15) is 0 Å². The third-order valence-electron chi connectivity index (χ3n) is 8.34. The summed E-state index contributed by atoms with van der Waals surface area (Å²) in [4.78, 5) is 14.6. The number of hydrogen-bond acceptors (Lipinski definition) is 3. The number of aliphatic hydroxyl groups excluding tert-OH is 2. The lowest BCUT2D eigenvalue weighted by Crippen LogP contribution is -2.57. The molecule has 0 unspecified atom stereocenters. The maximum Gasteiger partial charge on any atom is 0.258 e. The van der Waals surface area contributed by atoms with Crippen LogP contribution >= 0.6 is 0 Å². The molecule has 2 saturated carbocycles. The largest absolute Gasteiger partial charge is 0.396 e. The van der Waals surface area contributed by atoms with Crippen molar-refractivity contribution in [2.45, 2.75) is 52.1 Å². The summed E-state index contributed by atoms with van der Waals surface area (Å²) in [6, 6.07) is 7.94. The number of para-hydroxylation sites is 1. The summed E-state index contributed by atoms with van der Waals surface area (Å²) in [5.41, 5.74) is 3.48. The SMILES string of the molecule is C=C1CC[C@@H]2[C@](C)(CO)[C@H](O)CC[C@@]2(C)[C@@H]1C/C=C1/C(=O)N(C)c2ccccc21. The number of benzene rings is 1. The first-order valence-corrected chi connectivity index (χ1v) is 10.8. The number of rotatable bonds is 3. The number of likely N-dealkylation sites (N-methyl/N-ethyl adjacent to an activating group) is 1. The maximum atomic E-state index is 12.8. The Hall–Kier alpha value is -1.91. The Kier molecular flexibility index (Phi) is 4.99. The van der Waals surface area contributed by atoms with E-state index in [-0.39, 0.29) is 29.8 Å². The number of allylic oxidation sites excluding steroid dienone is 2. The van der Waals surface area contributed by atoms with E-state index in [1.807, 2.05) is 38.2 Å². The Morgan fingerprint density at radius 3 is 2.72 bits per heavy atom. The van der Waals surface area contributed by atoms with Crippen molar-refractivity contribution in [1.82, 2.24) is 0 Å². The van der Waals surface area contributed by atoms with Gasteiger partial charge >= 0.3 is 0 Å². The monoisotopic (exact) mass is 395 g/mol. The fourth-order valence-electron chi connectivity index (χ4n) is 6.47. The molecular weight excluding hydrogens is 362 g/mol. The van der Waals surface area contributed by atoms with Crippen LogP contribution in [-0.4, -0.2) is 35.9 Å². The molecule has 0 radical (unpaired) electrons. The van der Waals surface area contributed by atoms with Gasteiger partial charge in [0.1, 0.15) is 0 Å². The molecule has 156 valence electrons. The molecule has 0 bridgehead atoms. The molecule has 4 heteroatoms. The zero-order valence-electron chi connectivity index (χ0n) is 17.8. The third-order valence-corrected chi connectivity index (χ3v) is 8.34. The van der Waals surface area contributed by atoms with Crippen molar-refractivity contribution in [2.24, 2.45) is 22.7 Å². The van der Waals surface area contributed by atoms with Crippen LogP contribution in [0.25, 0.3) is 5.57 Å². The average Bonchev–Trinajstić information content (AvgIpc) is 2.95. The summed E-state index contributed by atoms with van der Waals surface area (Å²) in [6.45, 7) is 8.75. The van der Waals surface area contributed by atoms with Crippen molar-refractivity contribution in [1.29, 1.82) is 0 Å². The van der Waals surface area contributed by atoms with E-state index in [0.29, 0.717) is 6.42 Å². The molecule has 1 heterocycles. The Morgan fingerprint density at radius 1 is 1.28 bits per heavy atom. The van der Waals surface area contributed by atoms with E-state index >= 15 is 0 Å². The molecule has 0 aromatic heterocycles. The lowest BCUT2D eigenvalue weighted by molar-refractivity contribution is -0.151. The van der Waals surface area contributed by atoms with Crippen LogP contribution in [0.1, 0.15) is 51.5 Å². The number of carbonyl (C=O) groups is 1. The smallest absolute Gasteiger partial charge is 0.258 e. The predicted octanol–water partition coefficient (Wildman–Crippen LogP) is 4.18. The zero-order chi connectivity index (χ0) is 21.0. The van der Waals surface area contributed by atoms with Crippen LogP contribution in [0.4, 0.5) is 5.69 Å². The zero-order valence-corrected chi connectivity index (χ0v) is 17.8. The van der Waals surface area contributed by atoms with Gasteiger partial charge in [0.05, 0.1) is 18.4 Å². The standard InChI is InChI=1S/C25H33NO3/c1-16-9-12-21-24(2,14-13-22(28)25(21,3)15-27)19(16)11-10-18-17-7-5-6-8-20(17)26(4)23(18)29/h5-8,10,19,21-22,27-28H,1,9,11-15H2,2-4H3/b18-10+/t19-,21+,22-,24+,25+/m1/s1. The molecule has 4 rings (SSSR count). The molecule has 3 aliphatic rings. The minimum Gasteiger partial charge on any atom is -0.396 e. The molecule has 4 nitrogen and oxygen atoms in total. The molecule has 2 aliphatic carbocycles. The molecule has 0 spiro atoms. The highest BCUT2D eigenvalue weighted by molar-refractivity contribution is 6.32. The van der Waals surface area contributed by atoms with Crippen LogP contribution in [0.15, 0.2) is 42.5 Å². The van der Waals surface area contributed by atoms with Gasteiger partial charge in [0, 0.05) is 23.6 Å². The lowest BCUT2D eigenvalue weighted by Gasteiger charge is -2.59. The second-order valence-corrected chi connectivity index (χ2v) is 9.76. The van der Waals surface area contributed by atoms with Gasteiger partial charge in [-0.15, -0.1) is 0 Å². The van der Waals surface area contributed by atoms with Crippen molar-refractivity contribution >= 4 is 17.2 Å². The number of amides is 1. The normalized spacial score (nSPS) is 38.3. The van der Waals surface area contributed by atoms with E-state index in [4.69, 9.17) is 0 Å². The molecule has 1 amide bonds. The molecule has 5 atom stereocenters. The van der Waals surface area contributed by atoms with Gasteiger partial charge < -0.3 is 15.1 Å². The summed E-state index contributed by atoms with van der Waals surface area (Å²) >= 11 is 0. The summed E-state index contributed by atoms with van der Waals surface area (Å²) in [5.74, 6) is 0.540. The van der Waals surface area contributed by atoms with Crippen LogP contribution < -0.4 is 4.90 Å². The van der Waals surface area contributed by atoms with E-state index in [0.717, 1.165) is 42.5 Å². The van der Waals surface area contributed by atoms with Crippen LogP contribution in [0.3, 0.4) is 0 Å². The second kappa shape index (κ2) is 7.10. The minimum absolute atomic E-state index is 0.00532. The second-order valence-electron chi connectivity index (χ2n) is 9.76. The molecule has 2 N–H and O–H groups in total. The van der Waals surface area contributed by atoms with Crippen LogP contribution in [0.5, 0.6) is 0 Å². The average molecular weight is 396 g/mol. The molecule has 1 aromatic rings. The summed E-state index contributed by atoms with van der Waals surface area (Å²) < 4.78 is 0. The number of fused-ring (bicyclic) bond motifs is 2. The maximum absolute atomic E-state index is 12.8. The quantitative estimate of drug-likeness (QED) is 0.596. The molecule has 0 saturated heterocycles. The van der Waals surface area contributed by atoms with Crippen LogP contribution in [0.2, 0.25) is 0 Å². The highest BCUT2D eigenvalue weighted by atomic mass is 16.3. The van der Waals surface area contributed by atoms with Gasteiger partial charge in [-0.05, 0) is 55.4 Å². The number of hydrogen-bond donors (Lipinski definition) is 2. The molecule has 1 aromatic carbocycles. The van der Waals surface area contributed by atoms with Crippen LogP contribution in [0, 0.1) is 22.7 Å². The fraction of sp³-hybridized carbons (Fsp3) is 0.560. The summed E-state index contributed by atoms with van der Waals surface area (Å²) in [6.07, 6.45) is 5.91. The van der Waals surface area contributed by atoms with Gasteiger partial charge in [-0.25, -0.2) is 0 Å². The predicted molar refractivity (Wildman–Crippen MR) is 116 cm³/mol. The number of carbonyl (C=O) groups excluding carboxylic acids is 1. The molecular formula is C25H33NO3. The molecule has 1 aliphatic heterocycles. The first-order valence-electron chi connectivity index (χ1n) is 10.8. The Morgan fingerprint density at radius 2 is 2.00 bits per heavy atom. The topological polar surface area (TPSA) is 60.8 Å². The van der Waals surface area contributed by atoms with Gasteiger partial charge in [0.2, 0.25) is 0 Å². The third kappa shape index (κ3) is 2.91. The lowest BCUT2D eigenvalue weighted by atomic mass is 9.46. The van der Waals surface area contributed by atoms with Crippen LogP contribution in [-0.2, 0) is 4.79 Å². The Bertz CT molecular complexity index is 875. The van der Waals surface area contributed by atoms with Crippen molar-refractivity contribution in [3.05, 3.63) is 48.1 Å². The first kappa shape index (κ1) is 20.4. The van der Waals surface area contributed by atoms with Crippen molar-refractivity contribution in [2.75, 3.05) is 18.6 Å². The summed E-state index contributed by atoms with van der Waals surface area (Å²) in [5, 5.41) is 20.8. The van der Waals surface area contributed by atoms with E-state index < -0.39 is 11.5 Å². The highest BCUT2D eigenvalue weighted by Gasteiger charge is 2.57. The van der Waals surface area contributed by atoms with Gasteiger partial charge in [-0.3, -0.25) is 4.79 Å². The summed E-state index contributed by atoms with van der Waals surface area (Å²) in [7, 11) is 1.83. The molecule has 2 fully saturated rings. The van der Waals surface area contributed by atoms with Gasteiger partial charge in [-0.1, -0.05) is 50.3 Å². The van der Waals surface area contributed by atoms with E-state index in [1.54, 1.807) is 4.90 Å². The number of nitrogens with zero attached hydrogens (tertiary/aromatic N) is 1. The number of aliphatic hydroxyl groups is 2. The minimum atomic E-state index is -0.477. The molecule has 29 heavy (non-hydrogen) atoms. The van der Waals surface area contributed by atoms with Crippen molar-refractivity contribution in [3.63, 3.8) is 0 Å². The van der Waals surface area contributed by atoms with E-state index in [1.165, 1.54) is 5.57 Å². The van der Waals surface area contributed by atoms with Crippen molar-refractivity contribution in [3.8, 4) is 0 Å². The van der Waals surface area contributed by atoms with Crippen molar-refractivity contribution < 1.29 is 15.0 Å². The Labute approximate surface area is 173 Å². The van der Waals surface area contributed by atoms with E-state index in [2.05, 4.69) is 19.6 Å². The Balaban J connectivity index is 1.67. The van der Waals surface area contributed by atoms with E-state index in [9.17, 15) is 15.0 Å². The van der Waals surface area contributed by atoms with Gasteiger partial charge in [0.15, 0.2) is 0 Å².